The molecule has 0 saturated heterocycles. The van der Waals surface area contributed by atoms with Gasteiger partial charge in [-0.25, -0.2) is 0 Å². The van der Waals surface area contributed by atoms with Gasteiger partial charge in [-0.15, -0.1) is 0 Å². The van der Waals surface area contributed by atoms with E-state index in [1.54, 1.807) is 6.92 Å². The number of nitrogens with one attached hydrogen (secondary N) is 1. The first-order valence-corrected chi connectivity index (χ1v) is 3.98. The standard InChI is InChI=1S/C7H14F3N3/c1-3-12-6(11)13-5(2)4-7(8,9)10/h5H,3-4H2,1-2H3,(H3,11,12,13). The zero-order valence-corrected chi connectivity index (χ0v) is 7.65. The highest BCUT2D eigenvalue weighted by atomic mass is 19.4. The maximum Gasteiger partial charge on any atom is 0.391 e. The molecule has 0 aliphatic carbocycles. The Kier molecular flexibility index (Phi) is 4.58. The molecule has 1 atom stereocenters. The second-order valence-corrected chi connectivity index (χ2v) is 2.72. The number of halogens is 3. The van der Waals surface area contributed by atoms with Gasteiger partial charge in [-0.3, -0.25) is 4.99 Å². The van der Waals surface area contributed by atoms with E-state index in [9.17, 15) is 13.2 Å². The van der Waals surface area contributed by atoms with Crippen molar-refractivity contribution < 1.29 is 13.2 Å². The molecule has 13 heavy (non-hydrogen) atoms. The summed E-state index contributed by atoms with van der Waals surface area (Å²) < 4.78 is 35.5. The number of hydrogen-bond acceptors (Lipinski definition) is 1. The molecule has 0 aliphatic rings. The summed E-state index contributed by atoms with van der Waals surface area (Å²) >= 11 is 0. The lowest BCUT2D eigenvalue weighted by Gasteiger charge is -2.15. The van der Waals surface area contributed by atoms with Gasteiger partial charge in [-0.05, 0) is 13.8 Å². The van der Waals surface area contributed by atoms with Crippen molar-refractivity contribution >= 4 is 5.96 Å². The summed E-state index contributed by atoms with van der Waals surface area (Å²) in [5.41, 5.74) is 5.28. The third-order valence-corrected chi connectivity index (χ3v) is 1.26. The molecule has 0 bridgehead atoms. The van der Waals surface area contributed by atoms with E-state index >= 15 is 0 Å². The van der Waals surface area contributed by atoms with Gasteiger partial charge in [0.15, 0.2) is 5.96 Å². The Morgan fingerprint density at radius 1 is 1.54 bits per heavy atom. The van der Waals surface area contributed by atoms with E-state index in [4.69, 9.17) is 5.73 Å². The second-order valence-electron chi connectivity index (χ2n) is 2.72. The van der Waals surface area contributed by atoms with E-state index in [1.807, 2.05) is 0 Å². The summed E-state index contributed by atoms with van der Waals surface area (Å²) in [4.78, 5) is 3.71. The van der Waals surface area contributed by atoms with Crippen molar-refractivity contribution in [2.45, 2.75) is 32.5 Å². The predicted molar refractivity (Wildman–Crippen MR) is 45.4 cm³/mol. The highest BCUT2D eigenvalue weighted by Crippen LogP contribution is 2.20. The van der Waals surface area contributed by atoms with Crippen molar-refractivity contribution in [1.82, 2.24) is 5.32 Å². The predicted octanol–water partition coefficient (Wildman–Crippen LogP) is 1.25. The van der Waals surface area contributed by atoms with Gasteiger partial charge >= 0.3 is 6.18 Å². The number of aliphatic imine (C=N–C) groups is 1. The third-order valence-electron chi connectivity index (χ3n) is 1.26. The largest absolute Gasteiger partial charge is 0.391 e. The van der Waals surface area contributed by atoms with Crippen molar-refractivity contribution in [3.8, 4) is 0 Å². The molecule has 3 nitrogen and oxygen atoms in total. The first kappa shape index (κ1) is 12.1. The van der Waals surface area contributed by atoms with Crippen molar-refractivity contribution in [1.29, 1.82) is 0 Å². The number of nitrogens with zero attached hydrogens (tertiary/aromatic N) is 1. The van der Waals surface area contributed by atoms with Crippen LogP contribution in [-0.4, -0.2) is 24.7 Å². The molecule has 1 unspecified atom stereocenters. The number of alkyl halides is 3. The Hall–Kier alpha value is -0.940. The normalized spacial score (nSPS) is 15.6. The van der Waals surface area contributed by atoms with E-state index in [1.165, 1.54) is 6.92 Å². The van der Waals surface area contributed by atoms with Crippen LogP contribution in [0.3, 0.4) is 0 Å². The Labute approximate surface area is 75.2 Å². The van der Waals surface area contributed by atoms with Crippen molar-refractivity contribution in [2.75, 3.05) is 6.54 Å². The van der Waals surface area contributed by atoms with E-state index in [0.29, 0.717) is 6.54 Å². The van der Waals surface area contributed by atoms with E-state index in [2.05, 4.69) is 10.3 Å². The van der Waals surface area contributed by atoms with Crippen LogP contribution in [0.25, 0.3) is 0 Å². The molecule has 0 aromatic carbocycles. The second kappa shape index (κ2) is 4.94. The fraction of sp³-hybridized carbons (Fsp3) is 0.857. The summed E-state index contributed by atoms with van der Waals surface area (Å²) in [6.45, 7) is 3.62. The van der Waals surface area contributed by atoms with Crippen LogP contribution in [0.15, 0.2) is 4.99 Å². The van der Waals surface area contributed by atoms with Crippen molar-refractivity contribution in [3.63, 3.8) is 0 Å². The molecular weight excluding hydrogens is 183 g/mol. The number of guanidine groups is 1. The molecule has 6 heteroatoms. The SMILES string of the molecule is CCN=C(N)NC(C)CC(F)(F)F. The lowest BCUT2D eigenvalue weighted by atomic mass is 10.2. The molecule has 0 aliphatic heterocycles. The van der Waals surface area contributed by atoms with Crippen molar-refractivity contribution in [2.24, 2.45) is 10.7 Å². The van der Waals surface area contributed by atoms with Gasteiger partial charge in [0.1, 0.15) is 0 Å². The monoisotopic (exact) mass is 197 g/mol. The van der Waals surface area contributed by atoms with Crippen molar-refractivity contribution in [3.05, 3.63) is 0 Å². The number of nitrogens with two attached hydrogens (primary N) is 1. The van der Waals surface area contributed by atoms with Gasteiger partial charge in [-0.2, -0.15) is 13.2 Å². The molecule has 0 radical (unpaired) electrons. The first-order valence-electron chi connectivity index (χ1n) is 3.98. The molecule has 0 heterocycles. The van der Waals surface area contributed by atoms with Gasteiger partial charge in [0.2, 0.25) is 0 Å². The highest BCUT2D eigenvalue weighted by Gasteiger charge is 2.29. The zero-order valence-electron chi connectivity index (χ0n) is 7.65. The van der Waals surface area contributed by atoms with Crippen LogP contribution in [-0.2, 0) is 0 Å². The summed E-state index contributed by atoms with van der Waals surface area (Å²) in [7, 11) is 0. The Morgan fingerprint density at radius 3 is 2.46 bits per heavy atom. The number of rotatable bonds is 3. The molecular formula is C7H14F3N3. The molecule has 0 aromatic heterocycles. The van der Waals surface area contributed by atoms with Crippen LogP contribution in [0.4, 0.5) is 13.2 Å². The Morgan fingerprint density at radius 2 is 2.08 bits per heavy atom. The average Bonchev–Trinajstić information content (AvgIpc) is 1.81. The molecule has 78 valence electrons. The Balaban J connectivity index is 3.87. The van der Waals surface area contributed by atoms with Crippen LogP contribution in [0.1, 0.15) is 20.3 Å². The minimum atomic E-state index is -4.17. The molecule has 0 spiro atoms. The zero-order chi connectivity index (χ0) is 10.5. The van der Waals surface area contributed by atoms with E-state index < -0.39 is 18.6 Å². The lowest BCUT2D eigenvalue weighted by Crippen LogP contribution is -2.40. The van der Waals surface area contributed by atoms with Gasteiger partial charge < -0.3 is 11.1 Å². The quantitative estimate of drug-likeness (QED) is 0.528. The topological polar surface area (TPSA) is 50.4 Å². The van der Waals surface area contributed by atoms with Crippen LogP contribution >= 0.6 is 0 Å². The maximum absolute atomic E-state index is 11.8. The van der Waals surface area contributed by atoms with Crippen LogP contribution in [0.5, 0.6) is 0 Å². The molecule has 0 fully saturated rings. The Bertz CT molecular complexity index is 176. The summed E-state index contributed by atoms with van der Waals surface area (Å²) in [6, 6.07) is -0.740. The fourth-order valence-corrected chi connectivity index (χ4v) is 0.867. The highest BCUT2D eigenvalue weighted by molar-refractivity contribution is 5.78. The van der Waals surface area contributed by atoms with Crippen LogP contribution in [0.2, 0.25) is 0 Å². The van der Waals surface area contributed by atoms with Crippen LogP contribution in [0, 0.1) is 0 Å². The summed E-state index contributed by atoms with van der Waals surface area (Å²) in [6.07, 6.45) is -5.08. The maximum atomic E-state index is 11.8. The van der Waals surface area contributed by atoms with E-state index in [-0.39, 0.29) is 5.96 Å². The molecule has 0 aromatic rings. The summed E-state index contributed by atoms with van der Waals surface area (Å²) in [5.74, 6) is 0.0549. The molecule has 0 rings (SSSR count). The van der Waals surface area contributed by atoms with Gasteiger partial charge in [0, 0.05) is 12.6 Å². The molecule has 0 saturated carbocycles. The molecule has 0 amide bonds. The third kappa shape index (κ3) is 7.42. The lowest BCUT2D eigenvalue weighted by molar-refractivity contribution is -0.138. The minimum absolute atomic E-state index is 0.0549. The van der Waals surface area contributed by atoms with Gasteiger partial charge in [-0.1, -0.05) is 0 Å². The average molecular weight is 197 g/mol. The molecule has 3 N–H and O–H groups in total. The number of hydrogen-bond donors (Lipinski definition) is 2. The van der Waals surface area contributed by atoms with E-state index in [0.717, 1.165) is 0 Å². The minimum Gasteiger partial charge on any atom is -0.370 e. The summed E-state index contributed by atoms with van der Waals surface area (Å²) in [5, 5.41) is 2.45. The van der Waals surface area contributed by atoms with Gasteiger partial charge in [0.25, 0.3) is 0 Å². The fourth-order valence-electron chi connectivity index (χ4n) is 0.867. The van der Waals surface area contributed by atoms with Crippen LogP contribution < -0.4 is 11.1 Å². The first-order chi connectivity index (χ1) is 5.85. The van der Waals surface area contributed by atoms with Gasteiger partial charge in [0.05, 0.1) is 6.42 Å². The smallest absolute Gasteiger partial charge is 0.370 e.